The van der Waals surface area contributed by atoms with Crippen LogP contribution in [0.3, 0.4) is 0 Å². The van der Waals surface area contributed by atoms with Crippen LogP contribution in [0.5, 0.6) is 0 Å². The number of hydrogen-bond donors (Lipinski definition) is 4. The number of fused-ring (bicyclic) bond motifs is 5. The molecular weight excluding hydrogens is 560 g/mol. The smallest absolute Gasteiger partial charge is 0.335 e. The highest BCUT2D eigenvalue weighted by Gasteiger charge is 2.72. The van der Waals surface area contributed by atoms with Crippen molar-refractivity contribution in [3.63, 3.8) is 0 Å². The van der Waals surface area contributed by atoms with Crippen LogP contribution in [0.2, 0.25) is 0 Å². The van der Waals surface area contributed by atoms with E-state index in [0.29, 0.717) is 32.1 Å². The fraction of sp³-hybridized carbons (Fsp3) is 0.781. The van der Waals surface area contributed by atoms with E-state index in [9.17, 15) is 34.8 Å². The van der Waals surface area contributed by atoms with Gasteiger partial charge in [0.05, 0.1) is 35.1 Å². The molecule has 5 fully saturated rings. The molecule has 2 heterocycles. The van der Waals surface area contributed by atoms with E-state index >= 15 is 0 Å². The molecule has 1 aliphatic heterocycles. The standard InChI is InChI=1S/C32H44O11/c1-17-12-23(35)27(37)28(41-17)43-25-14-31(38)10-7-22-21(30(31,16-33)13-24(25)42-18(2)34)6-9-29(3)20(8-11-32(22,29)39)19-4-5-26(36)40-15-19/h4-5,15-17,20-25,27-28,35,37-39H,6-14H2,1-3H3/t17-,20-,21+,22-,23+,24+,25-,27+,28+,29-,30+,31+,32+/m1/s1. The summed E-state index contributed by atoms with van der Waals surface area (Å²) in [4.78, 5) is 37.1. The van der Waals surface area contributed by atoms with Gasteiger partial charge in [0.25, 0.3) is 0 Å². The van der Waals surface area contributed by atoms with Gasteiger partial charge >= 0.3 is 11.6 Å². The van der Waals surface area contributed by atoms with Crippen molar-refractivity contribution < 1.29 is 48.6 Å². The predicted octanol–water partition coefficient (Wildman–Crippen LogP) is 1.96. The summed E-state index contributed by atoms with van der Waals surface area (Å²) in [6.45, 7) is 5.11. The minimum Gasteiger partial charge on any atom is -0.460 e. The van der Waals surface area contributed by atoms with Crippen LogP contribution in [0, 0.1) is 22.7 Å². The maximum Gasteiger partial charge on any atom is 0.335 e. The first kappa shape index (κ1) is 30.9. The fourth-order valence-electron chi connectivity index (χ4n) is 9.97. The van der Waals surface area contributed by atoms with Gasteiger partial charge in [0, 0.05) is 37.7 Å². The number of carbonyl (C=O) groups excluding carboxylic acids is 2. The van der Waals surface area contributed by atoms with Crippen molar-refractivity contribution in [3.8, 4) is 0 Å². The van der Waals surface area contributed by atoms with Crippen molar-refractivity contribution in [2.45, 2.75) is 132 Å². The molecule has 0 spiro atoms. The highest BCUT2D eigenvalue weighted by molar-refractivity contribution is 5.67. The first-order valence-electron chi connectivity index (χ1n) is 15.6. The Labute approximate surface area is 250 Å². The van der Waals surface area contributed by atoms with Crippen molar-refractivity contribution in [2.75, 3.05) is 0 Å². The van der Waals surface area contributed by atoms with E-state index in [1.54, 1.807) is 13.0 Å². The Hall–Kier alpha value is -2.15. The van der Waals surface area contributed by atoms with E-state index < -0.39 is 64.3 Å². The van der Waals surface area contributed by atoms with Gasteiger partial charge in [-0.25, -0.2) is 4.79 Å². The van der Waals surface area contributed by atoms with Gasteiger partial charge in [0.15, 0.2) is 6.29 Å². The van der Waals surface area contributed by atoms with Crippen molar-refractivity contribution >= 4 is 12.3 Å². The minimum atomic E-state index is -1.51. The summed E-state index contributed by atoms with van der Waals surface area (Å²) in [5, 5.41) is 45.7. The lowest BCUT2D eigenvalue weighted by Gasteiger charge is -2.65. The summed E-state index contributed by atoms with van der Waals surface area (Å²) >= 11 is 0. The quantitative estimate of drug-likeness (QED) is 0.220. The third kappa shape index (κ3) is 4.65. The molecule has 11 nitrogen and oxygen atoms in total. The molecular formula is C32H44O11. The molecule has 4 saturated carbocycles. The number of aldehydes is 1. The minimum absolute atomic E-state index is 0.000595. The van der Waals surface area contributed by atoms with Crippen LogP contribution in [0.15, 0.2) is 27.6 Å². The van der Waals surface area contributed by atoms with Gasteiger partial charge in [-0.05, 0) is 74.8 Å². The number of hydrogen-bond acceptors (Lipinski definition) is 11. The third-order valence-electron chi connectivity index (χ3n) is 12.1. The van der Waals surface area contributed by atoms with Crippen LogP contribution >= 0.6 is 0 Å². The molecule has 0 radical (unpaired) electrons. The van der Waals surface area contributed by atoms with E-state index in [0.717, 1.165) is 11.8 Å². The van der Waals surface area contributed by atoms with Crippen molar-refractivity contribution in [1.82, 2.24) is 0 Å². The van der Waals surface area contributed by atoms with E-state index in [4.69, 9.17) is 18.6 Å². The average Bonchev–Trinajstić information content (AvgIpc) is 3.23. The van der Waals surface area contributed by atoms with Gasteiger partial charge in [-0.2, -0.15) is 0 Å². The number of carbonyl (C=O) groups is 2. The van der Waals surface area contributed by atoms with Crippen LogP contribution in [-0.4, -0.2) is 80.7 Å². The number of rotatable bonds is 5. The molecule has 0 unspecified atom stereocenters. The normalized spacial score (nSPS) is 49.3. The highest BCUT2D eigenvalue weighted by Crippen LogP contribution is 2.71. The summed E-state index contributed by atoms with van der Waals surface area (Å²) in [7, 11) is 0. The fourth-order valence-corrected chi connectivity index (χ4v) is 9.97. The van der Waals surface area contributed by atoms with Crippen molar-refractivity contribution in [2.24, 2.45) is 22.7 Å². The first-order valence-corrected chi connectivity index (χ1v) is 15.6. The average molecular weight is 605 g/mol. The van der Waals surface area contributed by atoms with Crippen molar-refractivity contribution in [3.05, 3.63) is 34.4 Å². The molecule has 43 heavy (non-hydrogen) atoms. The monoisotopic (exact) mass is 604 g/mol. The summed E-state index contributed by atoms with van der Waals surface area (Å²) in [6.07, 6.45) is -0.169. The lowest BCUT2D eigenvalue weighted by molar-refractivity contribution is -0.313. The molecule has 0 amide bonds. The molecule has 11 heteroatoms. The number of aliphatic hydroxyl groups is 4. The van der Waals surface area contributed by atoms with Crippen LogP contribution in [0.4, 0.5) is 0 Å². The van der Waals surface area contributed by atoms with Crippen LogP contribution in [0.25, 0.3) is 0 Å². The maximum atomic E-state index is 13.3. The van der Waals surface area contributed by atoms with Gasteiger partial charge in [0.2, 0.25) is 0 Å². The van der Waals surface area contributed by atoms with Crippen LogP contribution < -0.4 is 5.63 Å². The van der Waals surface area contributed by atoms with Crippen LogP contribution in [0.1, 0.15) is 90.0 Å². The Morgan fingerprint density at radius 2 is 1.79 bits per heavy atom. The van der Waals surface area contributed by atoms with Gasteiger partial charge in [-0.1, -0.05) is 6.92 Å². The van der Waals surface area contributed by atoms with Crippen molar-refractivity contribution in [1.29, 1.82) is 0 Å². The Morgan fingerprint density at radius 3 is 2.47 bits per heavy atom. The third-order valence-corrected chi connectivity index (χ3v) is 12.1. The topological polar surface area (TPSA) is 173 Å². The molecule has 1 aromatic rings. The maximum absolute atomic E-state index is 13.3. The number of aliphatic hydroxyl groups excluding tert-OH is 2. The Morgan fingerprint density at radius 1 is 1.05 bits per heavy atom. The SMILES string of the molecule is CC(=O)O[C@H]1C[C@]2(C=O)[C@H]3CC[C@]4(C)[C@@H](c5ccc(=O)oc5)CC[C@]4(O)[C@@H]3CC[C@]2(O)C[C@H]1O[C@@H]1O[C@H](C)C[C@H](O)[C@@H]1O. The molecule has 5 aliphatic rings. The van der Waals surface area contributed by atoms with Gasteiger partial charge in [-0.3, -0.25) is 4.79 Å². The number of esters is 1. The summed E-state index contributed by atoms with van der Waals surface area (Å²) < 4.78 is 22.8. The second-order valence-electron chi connectivity index (χ2n) is 14.1. The summed E-state index contributed by atoms with van der Waals surface area (Å²) in [6, 6.07) is 3.17. The van der Waals surface area contributed by atoms with E-state index in [-0.39, 0.29) is 49.5 Å². The Bertz CT molecular complexity index is 1280. The lowest BCUT2D eigenvalue weighted by atomic mass is 9.41. The van der Waals surface area contributed by atoms with Gasteiger partial charge in [-0.15, -0.1) is 0 Å². The second kappa shape index (κ2) is 10.7. The molecule has 13 atom stereocenters. The molecule has 1 saturated heterocycles. The van der Waals surface area contributed by atoms with E-state index in [1.165, 1.54) is 19.3 Å². The summed E-state index contributed by atoms with van der Waals surface area (Å²) in [5.41, 5.74) is -4.02. The van der Waals surface area contributed by atoms with Crippen LogP contribution in [-0.2, 0) is 23.8 Å². The molecule has 0 bridgehead atoms. The Kier molecular flexibility index (Phi) is 7.70. The molecule has 238 valence electrons. The highest BCUT2D eigenvalue weighted by atomic mass is 16.7. The molecule has 1 aromatic heterocycles. The zero-order valence-corrected chi connectivity index (χ0v) is 25.0. The zero-order chi connectivity index (χ0) is 30.9. The summed E-state index contributed by atoms with van der Waals surface area (Å²) in [5.74, 6) is -1.26. The van der Waals surface area contributed by atoms with E-state index in [1.807, 2.05) is 0 Å². The number of ether oxygens (including phenoxy) is 3. The zero-order valence-electron chi connectivity index (χ0n) is 25.0. The Balaban J connectivity index is 1.31. The molecule has 6 rings (SSSR count). The molecule has 4 N–H and O–H groups in total. The van der Waals surface area contributed by atoms with Gasteiger partial charge in [0.1, 0.15) is 24.6 Å². The predicted molar refractivity (Wildman–Crippen MR) is 150 cm³/mol. The molecule has 4 aliphatic carbocycles. The second-order valence-corrected chi connectivity index (χ2v) is 14.1. The van der Waals surface area contributed by atoms with E-state index in [2.05, 4.69) is 6.92 Å². The lowest BCUT2D eigenvalue weighted by Crippen LogP contribution is -2.71. The molecule has 0 aromatic carbocycles. The van der Waals surface area contributed by atoms with Gasteiger partial charge < -0.3 is 43.8 Å². The first-order chi connectivity index (χ1) is 20.3. The largest absolute Gasteiger partial charge is 0.460 e.